The van der Waals surface area contributed by atoms with Crippen LogP contribution in [0.1, 0.15) is 22.8 Å². The lowest BCUT2D eigenvalue weighted by Gasteiger charge is -2.14. The lowest BCUT2D eigenvalue weighted by molar-refractivity contribution is -0.140. The first-order chi connectivity index (χ1) is 9.79. The highest BCUT2D eigenvalue weighted by Gasteiger charge is 2.34. The smallest absolute Gasteiger partial charge is 0.388 e. The van der Waals surface area contributed by atoms with Crippen LogP contribution in [0.5, 0.6) is 0 Å². The van der Waals surface area contributed by atoms with Crippen molar-refractivity contribution in [2.75, 3.05) is 0 Å². The molecule has 0 heterocycles. The van der Waals surface area contributed by atoms with Crippen molar-refractivity contribution in [2.24, 2.45) is 0 Å². The molecule has 1 N–H and O–H groups in total. The van der Waals surface area contributed by atoms with E-state index in [1.807, 2.05) is 0 Å². The summed E-state index contributed by atoms with van der Waals surface area (Å²) in [4.78, 5) is 0. The topological polar surface area (TPSA) is 20.2 Å². The molecular weight excluding hydrogens is 291 g/mol. The third-order valence-electron chi connectivity index (χ3n) is 3.05. The molecule has 0 amide bonds. The number of halogens is 5. The Labute approximate surface area is 117 Å². The van der Waals surface area contributed by atoms with Crippen molar-refractivity contribution in [3.8, 4) is 0 Å². The van der Waals surface area contributed by atoms with E-state index in [-0.39, 0.29) is 17.5 Å². The van der Waals surface area contributed by atoms with Crippen LogP contribution >= 0.6 is 0 Å². The zero-order valence-corrected chi connectivity index (χ0v) is 10.7. The average Bonchev–Trinajstić information content (AvgIpc) is 2.39. The van der Waals surface area contributed by atoms with E-state index in [0.717, 1.165) is 6.07 Å². The highest BCUT2D eigenvalue weighted by Crippen LogP contribution is 2.32. The fraction of sp³-hybridized carbons (Fsp3) is 0.200. The fourth-order valence-corrected chi connectivity index (χ4v) is 1.96. The predicted molar refractivity (Wildman–Crippen MR) is 66.5 cm³/mol. The molecule has 21 heavy (non-hydrogen) atoms. The van der Waals surface area contributed by atoms with Crippen molar-refractivity contribution < 1.29 is 27.1 Å². The maximum atomic E-state index is 13.4. The van der Waals surface area contributed by atoms with Crippen molar-refractivity contribution >= 4 is 0 Å². The van der Waals surface area contributed by atoms with E-state index in [9.17, 15) is 27.1 Å². The molecule has 0 aliphatic carbocycles. The second-order valence-corrected chi connectivity index (χ2v) is 4.55. The Hall–Kier alpha value is -1.95. The van der Waals surface area contributed by atoms with Gasteiger partial charge in [-0.2, -0.15) is 13.2 Å². The Morgan fingerprint density at radius 1 is 0.952 bits per heavy atom. The Kier molecular flexibility index (Phi) is 4.27. The first-order valence-electron chi connectivity index (χ1n) is 6.07. The van der Waals surface area contributed by atoms with Crippen molar-refractivity contribution in [3.05, 3.63) is 70.8 Å². The maximum absolute atomic E-state index is 13.4. The molecule has 0 aliphatic heterocycles. The summed E-state index contributed by atoms with van der Waals surface area (Å²) in [5, 5.41) is 9.90. The first-order valence-corrected chi connectivity index (χ1v) is 6.07. The molecule has 0 aromatic heterocycles. The molecule has 6 heteroatoms. The van der Waals surface area contributed by atoms with E-state index in [0.29, 0.717) is 12.1 Å². The van der Waals surface area contributed by atoms with E-state index in [2.05, 4.69) is 0 Å². The minimum Gasteiger partial charge on any atom is -0.388 e. The van der Waals surface area contributed by atoms with Gasteiger partial charge in [0.05, 0.1) is 11.7 Å². The molecule has 2 rings (SSSR count). The van der Waals surface area contributed by atoms with Crippen molar-refractivity contribution in [1.29, 1.82) is 0 Å². The molecule has 2 aromatic carbocycles. The fourth-order valence-electron chi connectivity index (χ4n) is 1.96. The van der Waals surface area contributed by atoms with Crippen LogP contribution in [0, 0.1) is 11.6 Å². The van der Waals surface area contributed by atoms with Crippen molar-refractivity contribution in [3.63, 3.8) is 0 Å². The molecule has 0 saturated heterocycles. The summed E-state index contributed by atoms with van der Waals surface area (Å²) in [7, 11) is 0. The molecule has 1 unspecified atom stereocenters. The van der Waals surface area contributed by atoms with Crippen LogP contribution in [0.3, 0.4) is 0 Å². The molecule has 1 nitrogen and oxygen atoms in total. The normalized spacial score (nSPS) is 13.2. The summed E-state index contributed by atoms with van der Waals surface area (Å²) < 4.78 is 64.1. The summed E-state index contributed by atoms with van der Waals surface area (Å²) in [6.07, 6.45) is -6.24. The van der Waals surface area contributed by atoms with Gasteiger partial charge in [-0.1, -0.05) is 24.3 Å². The Morgan fingerprint density at radius 2 is 1.62 bits per heavy atom. The van der Waals surface area contributed by atoms with Gasteiger partial charge in [0, 0.05) is 6.42 Å². The van der Waals surface area contributed by atoms with Gasteiger partial charge in [-0.3, -0.25) is 0 Å². The third-order valence-corrected chi connectivity index (χ3v) is 3.05. The molecule has 0 fully saturated rings. The SMILES string of the molecule is OC(Cc1ccccc1F)c1ccc(C(F)(F)F)c(F)c1. The molecule has 2 aromatic rings. The van der Waals surface area contributed by atoms with E-state index in [1.54, 1.807) is 6.07 Å². The van der Waals surface area contributed by atoms with Gasteiger partial charge in [0.15, 0.2) is 0 Å². The van der Waals surface area contributed by atoms with E-state index in [4.69, 9.17) is 0 Å². The van der Waals surface area contributed by atoms with Gasteiger partial charge < -0.3 is 5.11 Å². The summed E-state index contributed by atoms with van der Waals surface area (Å²) >= 11 is 0. The van der Waals surface area contributed by atoms with Crippen LogP contribution in [-0.2, 0) is 12.6 Å². The lowest BCUT2D eigenvalue weighted by Crippen LogP contribution is -2.10. The van der Waals surface area contributed by atoms with Gasteiger partial charge in [-0.15, -0.1) is 0 Å². The van der Waals surface area contributed by atoms with Crippen LogP contribution in [0.2, 0.25) is 0 Å². The second-order valence-electron chi connectivity index (χ2n) is 4.55. The largest absolute Gasteiger partial charge is 0.419 e. The van der Waals surface area contributed by atoms with E-state index < -0.39 is 29.5 Å². The monoisotopic (exact) mass is 302 g/mol. The second kappa shape index (κ2) is 5.81. The Morgan fingerprint density at radius 3 is 2.19 bits per heavy atom. The molecule has 0 radical (unpaired) electrons. The molecule has 0 aliphatic rings. The zero-order chi connectivity index (χ0) is 15.6. The van der Waals surface area contributed by atoms with Gasteiger partial charge in [0.1, 0.15) is 11.6 Å². The first kappa shape index (κ1) is 15.4. The molecule has 0 spiro atoms. The molecule has 112 valence electrons. The van der Waals surface area contributed by atoms with Crippen molar-refractivity contribution in [1.82, 2.24) is 0 Å². The standard InChI is InChI=1S/C15H11F5O/c16-12-4-2-1-3-9(12)8-14(21)10-5-6-11(13(17)7-10)15(18,19)20/h1-7,14,21H,8H2. The van der Waals surface area contributed by atoms with Gasteiger partial charge >= 0.3 is 6.18 Å². The number of benzene rings is 2. The van der Waals surface area contributed by atoms with Crippen LogP contribution in [0.15, 0.2) is 42.5 Å². The average molecular weight is 302 g/mol. The summed E-state index contributed by atoms with van der Waals surface area (Å²) in [5.41, 5.74) is -1.24. The van der Waals surface area contributed by atoms with Gasteiger partial charge in [0.2, 0.25) is 0 Å². The molecule has 0 saturated carbocycles. The van der Waals surface area contributed by atoms with Gasteiger partial charge in [0.25, 0.3) is 0 Å². The minimum atomic E-state index is -4.79. The van der Waals surface area contributed by atoms with Crippen molar-refractivity contribution in [2.45, 2.75) is 18.7 Å². The number of aliphatic hydroxyl groups excluding tert-OH is 1. The third kappa shape index (κ3) is 3.58. The zero-order valence-electron chi connectivity index (χ0n) is 10.7. The quantitative estimate of drug-likeness (QED) is 0.840. The number of aliphatic hydroxyl groups is 1. The Bertz CT molecular complexity index is 636. The number of hydrogen-bond donors (Lipinski definition) is 1. The van der Waals surface area contributed by atoms with Gasteiger partial charge in [-0.05, 0) is 29.3 Å². The summed E-state index contributed by atoms with van der Waals surface area (Å²) in [6.45, 7) is 0. The molecule has 1 atom stereocenters. The van der Waals surface area contributed by atoms with Crippen LogP contribution in [0.4, 0.5) is 22.0 Å². The predicted octanol–water partition coefficient (Wildman–Crippen LogP) is 4.26. The van der Waals surface area contributed by atoms with E-state index >= 15 is 0 Å². The van der Waals surface area contributed by atoms with Crippen LogP contribution < -0.4 is 0 Å². The van der Waals surface area contributed by atoms with Gasteiger partial charge in [-0.25, -0.2) is 8.78 Å². The summed E-state index contributed by atoms with van der Waals surface area (Å²) in [6, 6.07) is 7.86. The summed E-state index contributed by atoms with van der Waals surface area (Å²) in [5.74, 6) is -2.00. The van der Waals surface area contributed by atoms with E-state index in [1.165, 1.54) is 18.2 Å². The molecular formula is C15H11F5O. The molecule has 0 bridgehead atoms. The lowest BCUT2D eigenvalue weighted by atomic mass is 9.99. The number of alkyl halides is 3. The highest BCUT2D eigenvalue weighted by atomic mass is 19.4. The highest BCUT2D eigenvalue weighted by molar-refractivity contribution is 5.29. The number of rotatable bonds is 3. The van der Waals surface area contributed by atoms with Crippen LogP contribution in [0.25, 0.3) is 0 Å². The van der Waals surface area contributed by atoms with Crippen LogP contribution in [-0.4, -0.2) is 5.11 Å². The maximum Gasteiger partial charge on any atom is 0.419 e. The minimum absolute atomic E-state index is 0.0382. The Balaban J connectivity index is 2.23. The number of hydrogen-bond acceptors (Lipinski definition) is 1.